The summed E-state index contributed by atoms with van der Waals surface area (Å²) in [5.41, 5.74) is 6.63. The predicted molar refractivity (Wildman–Crippen MR) is 93.0 cm³/mol. The number of nitrogens with two attached hydrogens (primary N) is 1. The summed E-state index contributed by atoms with van der Waals surface area (Å²) in [5, 5.41) is 3.35. The topological polar surface area (TPSA) is 82.3 Å². The van der Waals surface area contributed by atoms with Crippen LogP contribution in [-0.4, -0.2) is 16.1 Å². The van der Waals surface area contributed by atoms with Crippen LogP contribution in [-0.2, 0) is 6.54 Å². The number of benzene rings is 1. The van der Waals surface area contributed by atoms with Crippen LogP contribution in [0.25, 0.3) is 10.4 Å². The first-order valence-corrected chi connectivity index (χ1v) is 8.62. The molecule has 0 aliphatic carbocycles. The average Bonchev–Trinajstić information content (AvgIpc) is 3.16. The second kappa shape index (κ2) is 6.39. The number of hydrogen-bond donors (Lipinski definition) is 2. The van der Waals surface area contributed by atoms with E-state index in [1.54, 1.807) is 18.3 Å². The number of hydrogen-bond acceptors (Lipinski definition) is 7. The molecule has 140 valence electrons. The fourth-order valence-corrected chi connectivity index (χ4v) is 3.55. The predicted octanol–water partition coefficient (Wildman–Crippen LogP) is 3.71. The lowest BCUT2D eigenvalue weighted by molar-refractivity contribution is -0.184. The molecule has 3 aromatic rings. The van der Waals surface area contributed by atoms with Crippen molar-refractivity contribution in [1.29, 1.82) is 0 Å². The molecular weight excluding hydrogens is 381 g/mol. The van der Waals surface area contributed by atoms with Crippen LogP contribution in [0.4, 0.5) is 18.3 Å². The molecule has 0 fully saturated rings. The van der Waals surface area contributed by atoms with Crippen molar-refractivity contribution in [3.63, 3.8) is 0 Å². The summed E-state index contributed by atoms with van der Waals surface area (Å²) in [5.74, 6) is -1.07. The Kier molecular flexibility index (Phi) is 4.16. The molecule has 1 aromatic carbocycles. The zero-order chi connectivity index (χ0) is 19.2. The van der Waals surface area contributed by atoms with E-state index in [9.17, 15) is 13.2 Å². The van der Waals surface area contributed by atoms with E-state index in [0.717, 1.165) is 28.4 Å². The van der Waals surface area contributed by atoms with Crippen LogP contribution in [0.1, 0.15) is 11.1 Å². The first-order chi connectivity index (χ1) is 12.8. The molecule has 0 spiro atoms. The van der Waals surface area contributed by atoms with Gasteiger partial charge < -0.3 is 14.8 Å². The van der Waals surface area contributed by atoms with Crippen LogP contribution < -0.4 is 20.5 Å². The highest BCUT2D eigenvalue weighted by Crippen LogP contribution is 2.43. The van der Waals surface area contributed by atoms with Gasteiger partial charge in [-0.15, -0.1) is 4.39 Å². The number of nitrogens with zero attached hydrogens (tertiary/aromatic N) is 2. The molecule has 10 heteroatoms. The lowest BCUT2D eigenvalue weighted by Crippen LogP contribution is -2.43. The minimum atomic E-state index is -2.69. The van der Waals surface area contributed by atoms with Crippen LogP contribution in [0.3, 0.4) is 0 Å². The molecular formula is C17H13F3N4O2S. The van der Waals surface area contributed by atoms with Gasteiger partial charge in [0.05, 0.1) is 17.3 Å². The number of fused-ring (bicyclic) bond motifs is 1. The lowest BCUT2D eigenvalue weighted by atomic mass is 10.1. The maximum Gasteiger partial charge on any atom is 0.478 e. The number of aromatic nitrogens is 2. The van der Waals surface area contributed by atoms with E-state index < -0.39 is 17.8 Å². The van der Waals surface area contributed by atoms with Crippen molar-refractivity contribution in [2.24, 2.45) is 5.73 Å². The normalized spacial score (nSPS) is 18.0. The SMILES string of the molecule is Cc1cc2c(cc1-c1cnc(NCc3c(F)cncc3F)s1)OC(N)(F)O2. The van der Waals surface area contributed by atoms with E-state index in [-0.39, 0.29) is 23.6 Å². The number of halogens is 3. The quantitative estimate of drug-likeness (QED) is 0.657. The fraction of sp³-hybridized carbons (Fsp3) is 0.176. The summed E-state index contributed by atoms with van der Waals surface area (Å²) in [7, 11) is 0. The molecule has 4 rings (SSSR count). The molecule has 1 atom stereocenters. The third kappa shape index (κ3) is 3.40. The van der Waals surface area contributed by atoms with Gasteiger partial charge in [0.2, 0.25) is 0 Å². The summed E-state index contributed by atoms with van der Waals surface area (Å²) in [4.78, 5) is 8.40. The summed E-state index contributed by atoms with van der Waals surface area (Å²) in [6, 6.07) is 3.23. The summed E-state index contributed by atoms with van der Waals surface area (Å²) >= 11 is 1.27. The van der Waals surface area contributed by atoms with E-state index in [0.29, 0.717) is 5.13 Å². The molecule has 1 unspecified atom stereocenters. The first-order valence-electron chi connectivity index (χ1n) is 7.81. The second-order valence-corrected chi connectivity index (χ2v) is 6.90. The molecule has 3 heterocycles. The van der Waals surface area contributed by atoms with Gasteiger partial charge in [0.25, 0.3) is 0 Å². The Morgan fingerprint density at radius 2 is 1.81 bits per heavy atom. The standard InChI is InChI=1S/C17H13F3N4O2S/c1-8-2-13-14(26-17(20,21)25-13)3-9(8)15-7-24-16(27-15)23-4-10-11(18)5-22-6-12(10)19/h2-3,5-7H,4,21H2,1H3,(H,23,24). The van der Waals surface area contributed by atoms with E-state index >= 15 is 0 Å². The average molecular weight is 394 g/mol. The molecule has 0 saturated heterocycles. The Balaban J connectivity index is 1.55. The van der Waals surface area contributed by atoms with E-state index in [2.05, 4.69) is 15.3 Å². The van der Waals surface area contributed by atoms with Gasteiger partial charge in [0.1, 0.15) is 11.6 Å². The van der Waals surface area contributed by atoms with E-state index in [1.165, 1.54) is 11.3 Å². The van der Waals surface area contributed by atoms with Gasteiger partial charge in [-0.3, -0.25) is 4.98 Å². The van der Waals surface area contributed by atoms with E-state index in [4.69, 9.17) is 15.2 Å². The minimum absolute atomic E-state index is 0.0786. The fourth-order valence-electron chi connectivity index (χ4n) is 2.66. The number of ether oxygens (including phenoxy) is 2. The Hall–Kier alpha value is -2.85. The summed E-state index contributed by atoms with van der Waals surface area (Å²) < 4.78 is 50.7. The van der Waals surface area contributed by atoms with Crippen LogP contribution in [0.2, 0.25) is 0 Å². The number of rotatable bonds is 4. The van der Waals surface area contributed by atoms with Crippen molar-refractivity contribution >= 4 is 16.5 Å². The van der Waals surface area contributed by atoms with Crippen LogP contribution in [0.15, 0.2) is 30.7 Å². The van der Waals surface area contributed by atoms with Crippen molar-refractivity contribution in [2.75, 3.05) is 5.32 Å². The second-order valence-electron chi connectivity index (χ2n) is 5.87. The van der Waals surface area contributed by atoms with Gasteiger partial charge >= 0.3 is 6.16 Å². The van der Waals surface area contributed by atoms with Crippen LogP contribution in [0.5, 0.6) is 11.5 Å². The van der Waals surface area contributed by atoms with Gasteiger partial charge in [-0.1, -0.05) is 11.3 Å². The molecule has 0 radical (unpaired) electrons. The maximum absolute atomic E-state index is 13.6. The third-order valence-electron chi connectivity index (χ3n) is 3.93. The molecule has 6 nitrogen and oxygen atoms in total. The number of thiazole rings is 1. The highest BCUT2D eigenvalue weighted by Gasteiger charge is 2.38. The molecule has 27 heavy (non-hydrogen) atoms. The summed E-state index contributed by atoms with van der Waals surface area (Å²) in [6.45, 7) is 1.74. The number of nitrogens with one attached hydrogen (secondary N) is 1. The van der Waals surface area contributed by atoms with Gasteiger partial charge in [-0.2, -0.15) is 0 Å². The highest BCUT2D eigenvalue weighted by molar-refractivity contribution is 7.18. The number of alkyl halides is 1. The van der Waals surface area contributed by atoms with Crippen molar-refractivity contribution in [3.05, 3.63) is 53.5 Å². The Morgan fingerprint density at radius 1 is 1.15 bits per heavy atom. The molecule has 0 bridgehead atoms. The highest BCUT2D eigenvalue weighted by atomic mass is 32.1. The van der Waals surface area contributed by atoms with Gasteiger partial charge in [-0.25, -0.2) is 19.5 Å². The minimum Gasteiger partial charge on any atom is -0.410 e. The number of anilines is 1. The molecule has 0 saturated carbocycles. The Bertz CT molecular complexity index is 1010. The van der Waals surface area contributed by atoms with Gasteiger partial charge in [-0.05, 0) is 24.6 Å². The Labute approximate surface area is 155 Å². The maximum atomic E-state index is 13.6. The van der Waals surface area contributed by atoms with Gasteiger partial charge in [0, 0.05) is 23.9 Å². The number of aryl methyl sites for hydroxylation is 1. The molecule has 1 aliphatic heterocycles. The van der Waals surface area contributed by atoms with Crippen molar-refractivity contribution in [3.8, 4) is 21.9 Å². The van der Waals surface area contributed by atoms with Gasteiger partial charge in [0.15, 0.2) is 16.6 Å². The Morgan fingerprint density at radius 3 is 2.52 bits per heavy atom. The van der Waals surface area contributed by atoms with Crippen LogP contribution >= 0.6 is 11.3 Å². The lowest BCUT2D eigenvalue weighted by Gasteiger charge is -2.09. The van der Waals surface area contributed by atoms with Crippen molar-refractivity contribution in [1.82, 2.24) is 9.97 Å². The largest absolute Gasteiger partial charge is 0.478 e. The molecule has 1 aliphatic rings. The number of pyridine rings is 1. The molecule has 0 amide bonds. The molecule has 3 N–H and O–H groups in total. The summed E-state index contributed by atoms with van der Waals surface area (Å²) in [6.07, 6.45) is 0.811. The first kappa shape index (κ1) is 17.6. The molecule has 2 aromatic heterocycles. The monoisotopic (exact) mass is 394 g/mol. The smallest absolute Gasteiger partial charge is 0.410 e. The van der Waals surface area contributed by atoms with Crippen LogP contribution in [0, 0.1) is 18.6 Å². The van der Waals surface area contributed by atoms with Crippen molar-refractivity contribution < 1.29 is 22.6 Å². The van der Waals surface area contributed by atoms with Crippen molar-refractivity contribution in [2.45, 2.75) is 19.6 Å². The third-order valence-corrected chi connectivity index (χ3v) is 4.92. The zero-order valence-electron chi connectivity index (χ0n) is 13.9. The zero-order valence-corrected chi connectivity index (χ0v) is 14.7. The van der Waals surface area contributed by atoms with E-state index in [1.807, 2.05) is 6.92 Å².